The normalized spacial score (nSPS) is 13.3. The minimum atomic E-state index is -0.170. The quantitative estimate of drug-likeness (QED) is 0.509. The Balaban J connectivity index is 1.63. The summed E-state index contributed by atoms with van der Waals surface area (Å²) < 4.78 is 7.70. The van der Waals surface area contributed by atoms with E-state index < -0.39 is 0 Å². The number of ether oxygens (including phenoxy) is 1. The molecule has 1 amide bonds. The number of nitrogens with one attached hydrogen (secondary N) is 2. The number of benzene rings is 2. The maximum atomic E-state index is 13.4. The van der Waals surface area contributed by atoms with Crippen molar-refractivity contribution in [3.05, 3.63) is 58.4 Å². The molecular formula is C27H33N5O3. The van der Waals surface area contributed by atoms with Crippen LogP contribution < -0.4 is 10.1 Å². The summed E-state index contributed by atoms with van der Waals surface area (Å²) in [4.78, 5) is 31.8. The van der Waals surface area contributed by atoms with Gasteiger partial charge in [-0.05, 0) is 47.7 Å². The molecule has 0 fully saturated rings. The smallest absolute Gasteiger partial charge is 0.224 e. The lowest BCUT2D eigenvalue weighted by atomic mass is 9.84. The van der Waals surface area contributed by atoms with Gasteiger partial charge in [-0.25, -0.2) is 4.98 Å². The number of likely N-dealkylation sites (N-methyl/N-ethyl adjacent to an activating group) is 1. The second-order valence-corrected chi connectivity index (χ2v) is 10.0. The summed E-state index contributed by atoms with van der Waals surface area (Å²) in [6, 6.07) is 7.58. The van der Waals surface area contributed by atoms with Gasteiger partial charge in [0.15, 0.2) is 5.78 Å². The Morgan fingerprint density at radius 3 is 2.60 bits per heavy atom. The summed E-state index contributed by atoms with van der Waals surface area (Å²) in [5.74, 6) is 0.758. The van der Waals surface area contributed by atoms with Crippen LogP contribution in [0.1, 0.15) is 60.3 Å². The van der Waals surface area contributed by atoms with Gasteiger partial charge < -0.3 is 19.5 Å². The maximum absolute atomic E-state index is 13.4. The predicted molar refractivity (Wildman–Crippen MR) is 136 cm³/mol. The first kappa shape index (κ1) is 24.4. The van der Waals surface area contributed by atoms with Crippen LogP contribution in [0.15, 0.2) is 30.6 Å². The van der Waals surface area contributed by atoms with Crippen LogP contribution >= 0.6 is 0 Å². The van der Waals surface area contributed by atoms with Crippen molar-refractivity contribution in [2.24, 2.45) is 7.05 Å². The average molecular weight is 476 g/mol. The molecule has 0 saturated carbocycles. The molecule has 8 nitrogen and oxygen atoms in total. The monoisotopic (exact) mass is 475 g/mol. The van der Waals surface area contributed by atoms with Crippen LogP contribution in [0, 0.1) is 5.41 Å². The number of Topliss-reactive ketones (excluding diaryl/α,β-unsaturated/α-hetero) is 1. The van der Waals surface area contributed by atoms with Crippen molar-refractivity contribution in [1.82, 2.24) is 19.8 Å². The van der Waals surface area contributed by atoms with Crippen molar-refractivity contribution in [1.29, 1.82) is 5.41 Å². The van der Waals surface area contributed by atoms with Gasteiger partial charge in [-0.15, -0.1) is 0 Å². The number of carbonyl (C=O) groups is 2. The number of fused-ring (bicyclic) bond motifs is 2. The lowest BCUT2D eigenvalue weighted by Gasteiger charge is -2.22. The van der Waals surface area contributed by atoms with Crippen LogP contribution in [-0.2, 0) is 30.2 Å². The molecular weight excluding hydrogens is 442 g/mol. The van der Waals surface area contributed by atoms with E-state index in [2.05, 4.69) is 31.1 Å². The van der Waals surface area contributed by atoms with Crippen molar-refractivity contribution in [2.45, 2.75) is 46.1 Å². The van der Waals surface area contributed by atoms with E-state index in [0.717, 1.165) is 33.3 Å². The number of rotatable bonds is 7. The van der Waals surface area contributed by atoms with Gasteiger partial charge in [0.05, 0.1) is 36.9 Å². The summed E-state index contributed by atoms with van der Waals surface area (Å²) >= 11 is 0. The summed E-state index contributed by atoms with van der Waals surface area (Å²) in [5.41, 5.74) is 5.69. The molecule has 1 aromatic heterocycles. The van der Waals surface area contributed by atoms with E-state index in [1.165, 1.54) is 0 Å². The highest BCUT2D eigenvalue weighted by Gasteiger charge is 2.29. The Labute approximate surface area is 205 Å². The standard InChI is InChI=1S/C27H33N5O3/c1-7-35-23-11-18-13-32(26(28)19(18)8-17(23)12-24(34)29-5)14-22(33)16-9-20(27(2,3)4)25-21(10-16)31(6)15-30-25/h8-11,15,28H,7,12-14H2,1-6H3,(H,29,34). The molecule has 0 radical (unpaired) electrons. The number of hydrogen-bond acceptors (Lipinski definition) is 5. The van der Waals surface area contributed by atoms with Gasteiger partial charge in [0.25, 0.3) is 0 Å². The topological polar surface area (TPSA) is 100 Å². The molecule has 1 aliphatic rings. The molecule has 3 aromatic rings. The fourth-order valence-electron chi connectivity index (χ4n) is 4.52. The van der Waals surface area contributed by atoms with E-state index in [0.29, 0.717) is 24.5 Å². The Bertz CT molecular complexity index is 1330. The summed E-state index contributed by atoms with van der Waals surface area (Å²) in [6.45, 7) is 9.26. The molecule has 0 spiro atoms. The number of nitrogens with zero attached hydrogens (tertiary/aromatic N) is 3. The predicted octanol–water partition coefficient (Wildman–Crippen LogP) is 3.58. The Kier molecular flexibility index (Phi) is 6.40. The molecule has 0 bridgehead atoms. The third-order valence-corrected chi connectivity index (χ3v) is 6.44. The third-order valence-electron chi connectivity index (χ3n) is 6.44. The van der Waals surface area contributed by atoms with Crippen molar-refractivity contribution in [3.63, 3.8) is 0 Å². The van der Waals surface area contributed by atoms with Gasteiger partial charge in [0, 0.05) is 37.3 Å². The molecule has 0 aliphatic carbocycles. The van der Waals surface area contributed by atoms with Crippen molar-refractivity contribution in [3.8, 4) is 5.75 Å². The number of amidine groups is 1. The zero-order valence-corrected chi connectivity index (χ0v) is 21.3. The number of hydrogen-bond donors (Lipinski definition) is 2. The molecule has 0 saturated heterocycles. The zero-order valence-electron chi connectivity index (χ0n) is 21.3. The first-order valence-electron chi connectivity index (χ1n) is 11.8. The lowest BCUT2D eigenvalue weighted by Crippen LogP contribution is -2.30. The molecule has 2 aromatic carbocycles. The van der Waals surface area contributed by atoms with Gasteiger partial charge >= 0.3 is 0 Å². The summed E-state index contributed by atoms with van der Waals surface area (Å²) in [6.07, 6.45) is 1.94. The molecule has 0 atom stereocenters. The van der Waals surface area contributed by atoms with E-state index in [-0.39, 0.29) is 35.9 Å². The maximum Gasteiger partial charge on any atom is 0.224 e. The number of aromatic nitrogens is 2. The molecule has 2 N–H and O–H groups in total. The second-order valence-electron chi connectivity index (χ2n) is 10.0. The van der Waals surface area contributed by atoms with Crippen molar-refractivity contribution in [2.75, 3.05) is 20.2 Å². The van der Waals surface area contributed by atoms with Gasteiger partial charge in [0.1, 0.15) is 11.6 Å². The Hall–Kier alpha value is -3.68. The molecule has 4 rings (SSSR count). The fourth-order valence-corrected chi connectivity index (χ4v) is 4.52. The van der Waals surface area contributed by atoms with Crippen LogP contribution in [0.3, 0.4) is 0 Å². The van der Waals surface area contributed by atoms with Crippen molar-refractivity contribution < 1.29 is 14.3 Å². The number of carbonyl (C=O) groups excluding carboxylic acids is 2. The summed E-state index contributed by atoms with van der Waals surface area (Å²) in [7, 11) is 3.52. The minimum absolute atomic E-state index is 0.0493. The highest BCUT2D eigenvalue weighted by atomic mass is 16.5. The van der Waals surface area contributed by atoms with Crippen LogP contribution in [0.5, 0.6) is 5.75 Å². The second kappa shape index (κ2) is 9.17. The van der Waals surface area contributed by atoms with Gasteiger partial charge in [-0.1, -0.05) is 20.8 Å². The number of aryl methyl sites for hydroxylation is 1. The first-order chi connectivity index (χ1) is 16.5. The zero-order chi connectivity index (χ0) is 25.5. The molecule has 1 aliphatic heterocycles. The molecule has 35 heavy (non-hydrogen) atoms. The van der Waals surface area contributed by atoms with Gasteiger partial charge in [-0.2, -0.15) is 0 Å². The highest BCUT2D eigenvalue weighted by Crippen LogP contribution is 2.33. The number of ketones is 1. The Morgan fingerprint density at radius 1 is 1.20 bits per heavy atom. The fraction of sp³-hybridized carbons (Fsp3) is 0.407. The van der Waals surface area contributed by atoms with E-state index in [4.69, 9.17) is 10.1 Å². The van der Waals surface area contributed by atoms with Gasteiger partial charge in [-0.3, -0.25) is 15.0 Å². The Morgan fingerprint density at radius 2 is 1.94 bits per heavy atom. The van der Waals surface area contributed by atoms with E-state index in [1.54, 1.807) is 18.3 Å². The molecule has 0 unspecified atom stereocenters. The first-order valence-corrected chi connectivity index (χ1v) is 11.8. The molecule has 2 heterocycles. The van der Waals surface area contributed by atoms with E-state index in [1.807, 2.05) is 42.8 Å². The average Bonchev–Trinajstić information content (AvgIpc) is 3.32. The third kappa shape index (κ3) is 4.65. The molecule has 8 heteroatoms. The van der Waals surface area contributed by atoms with Crippen LogP contribution in [0.25, 0.3) is 11.0 Å². The van der Waals surface area contributed by atoms with E-state index in [9.17, 15) is 9.59 Å². The van der Waals surface area contributed by atoms with Crippen LogP contribution in [-0.4, -0.2) is 52.2 Å². The SMILES string of the molecule is CCOc1cc2c(cc1CC(=O)NC)C(=N)N(CC(=O)c1cc(C(C)(C)C)c3ncn(C)c3c1)C2. The van der Waals surface area contributed by atoms with Crippen LogP contribution in [0.2, 0.25) is 0 Å². The lowest BCUT2D eigenvalue weighted by molar-refractivity contribution is -0.119. The van der Waals surface area contributed by atoms with Crippen molar-refractivity contribution >= 4 is 28.6 Å². The number of imidazole rings is 1. The summed E-state index contributed by atoms with van der Waals surface area (Å²) in [5, 5.41) is 11.4. The van der Waals surface area contributed by atoms with Gasteiger partial charge in [0.2, 0.25) is 5.91 Å². The number of amides is 1. The van der Waals surface area contributed by atoms with Crippen LogP contribution in [0.4, 0.5) is 0 Å². The highest BCUT2D eigenvalue weighted by molar-refractivity contribution is 6.06. The minimum Gasteiger partial charge on any atom is -0.494 e. The molecule has 184 valence electrons. The largest absolute Gasteiger partial charge is 0.494 e. The van der Waals surface area contributed by atoms with E-state index >= 15 is 0 Å².